The van der Waals surface area contributed by atoms with Gasteiger partial charge in [-0.05, 0) is 17.7 Å². The van der Waals surface area contributed by atoms with Gasteiger partial charge in [-0.1, -0.05) is 42.5 Å². The molecule has 0 aromatic heterocycles. The Balaban J connectivity index is 1.86. The van der Waals surface area contributed by atoms with Gasteiger partial charge in [0.15, 0.2) is 0 Å². The fourth-order valence-corrected chi connectivity index (χ4v) is 4.58. The SMILES string of the molecule is O=C(O)CC1=Nc2ccccc2SN1S(=O)(=O)NCc1ccccc1. The van der Waals surface area contributed by atoms with Crippen LogP contribution >= 0.6 is 11.9 Å². The first kappa shape index (κ1) is 17.5. The van der Waals surface area contributed by atoms with E-state index in [1.807, 2.05) is 18.2 Å². The summed E-state index contributed by atoms with van der Waals surface area (Å²) in [7, 11) is -3.97. The highest BCUT2D eigenvalue weighted by Crippen LogP contribution is 2.38. The highest BCUT2D eigenvalue weighted by Gasteiger charge is 2.32. The summed E-state index contributed by atoms with van der Waals surface area (Å²) in [5.41, 5.74) is 1.35. The van der Waals surface area contributed by atoms with Crippen LogP contribution in [0.2, 0.25) is 0 Å². The molecule has 0 amide bonds. The molecule has 0 saturated heterocycles. The van der Waals surface area contributed by atoms with Gasteiger partial charge in [-0.2, -0.15) is 16.9 Å². The number of carboxylic acid groups (broad SMARTS) is 1. The van der Waals surface area contributed by atoms with Crippen molar-refractivity contribution in [2.45, 2.75) is 17.9 Å². The zero-order chi connectivity index (χ0) is 17.9. The Morgan fingerprint density at radius 2 is 1.80 bits per heavy atom. The Morgan fingerprint density at radius 1 is 1.12 bits per heavy atom. The minimum Gasteiger partial charge on any atom is -0.481 e. The number of nitrogens with zero attached hydrogens (tertiary/aromatic N) is 2. The molecule has 2 aromatic rings. The number of hydrogen-bond donors (Lipinski definition) is 2. The van der Waals surface area contributed by atoms with Gasteiger partial charge in [-0.3, -0.25) is 4.79 Å². The number of benzene rings is 2. The third-order valence-corrected chi connectivity index (χ3v) is 6.22. The Hall–Kier alpha value is -2.36. The van der Waals surface area contributed by atoms with E-state index in [1.165, 1.54) is 0 Å². The number of carboxylic acids is 1. The molecule has 0 unspecified atom stereocenters. The van der Waals surface area contributed by atoms with Crippen molar-refractivity contribution in [2.24, 2.45) is 4.99 Å². The number of amidine groups is 1. The molecule has 2 aromatic carbocycles. The molecule has 25 heavy (non-hydrogen) atoms. The van der Waals surface area contributed by atoms with Crippen molar-refractivity contribution in [3.05, 3.63) is 60.2 Å². The molecule has 1 aliphatic rings. The Morgan fingerprint density at radius 3 is 2.52 bits per heavy atom. The highest BCUT2D eigenvalue weighted by molar-refractivity contribution is 8.08. The molecule has 0 fully saturated rings. The van der Waals surface area contributed by atoms with Crippen LogP contribution in [0.3, 0.4) is 0 Å². The minimum atomic E-state index is -3.97. The van der Waals surface area contributed by atoms with Gasteiger partial charge in [0.1, 0.15) is 12.3 Å². The predicted octanol–water partition coefficient (Wildman–Crippen LogP) is 2.55. The third-order valence-electron chi connectivity index (χ3n) is 3.34. The molecule has 0 saturated carbocycles. The topological polar surface area (TPSA) is 99.1 Å². The zero-order valence-electron chi connectivity index (χ0n) is 13.0. The number of nitrogens with one attached hydrogen (secondary N) is 1. The number of fused-ring (bicyclic) bond motifs is 1. The van der Waals surface area contributed by atoms with E-state index in [-0.39, 0.29) is 12.4 Å². The summed E-state index contributed by atoms with van der Waals surface area (Å²) in [5.74, 6) is -1.20. The minimum absolute atomic E-state index is 0.0447. The molecule has 2 N–H and O–H groups in total. The number of carbonyl (C=O) groups is 1. The van der Waals surface area contributed by atoms with Gasteiger partial charge in [-0.15, -0.1) is 0 Å². The Kier molecular flexibility index (Phi) is 5.07. The van der Waals surface area contributed by atoms with Gasteiger partial charge >= 0.3 is 16.2 Å². The van der Waals surface area contributed by atoms with Crippen LogP contribution in [0.1, 0.15) is 12.0 Å². The van der Waals surface area contributed by atoms with E-state index >= 15 is 0 Å². The Labute approximate surface area is 149 Å². The molecule has 130 valence electrons. The fourth-order valence-electron chi connectivity index (χ4n) is 2.20. The van der Waals surface area contributed by atoms with Gasteiger partial charge in [0.2, 0.25) is 0 Å². The van der Waals surface area contributed by atoms with Crippen LogP contribution in [-0.2, 0) is 21.5 Å². The van der Waals surface area contributed by atoms with Gasteiger partial charge < -0.3 is 5.11 Å². The molecule has 1 heterocycles. The van der Waals surface area contributed by atoms with E-state index in [9.17, 15) is 13.2 Å². The van der Waals surface area contributed by atoms with Crippen molar-refractivity contribution >= 4 is 39.6 Å². The fraction of sp³-hybridized carbons (Fsp3) is 0.125. The summed E-state index contributed by atoms with van der Waals surface area (Å²) in [5, 5.41) is 9.07. The number of rotatable bonds is 6. The van der Waals surface area contributed by atoms with Crippen LogP contribution in [0.25, 0.3) is 0 Å². The zero-order valence-corrected chi connectivity index (χ0v) is 14.6. The van der Waals surface area contributed by atoms with Crippen molar-refractivity contribution in [3.8, 4) is 0 Å². The molecular formula is C16H15N3O4S2. The second-order valence-corrected chi connectivity index (χ2v) is 8.02. The lowest BCUT2D eigenvalue weighted by molar-refractivity contribution is -0.135. The normalized spacial score (nSPS) is 13.9. The van der Waals surface area contributed by atoms with E-state index in [1.54, 1.807) is 36.4 Å². The smallest absolute Gasteiger partial charge is 0.312 e. The molecule has 7 nitrogen and oxygen atoms in total. The molecule has 3 rings (SSSR count). The van der Waals surface area contributed by atoms with Crippen LogP contribution in [0.5, 0.6) is 0 Å². The van der Waals surface area contributed by atoms with Crippen LogP contribution in [0, 0.1) is 0 Å². The van der Waals surface area contributed by atoms with E-state index in [0.29, 0.717) is 10.6 Å². The summed E-state index contributed by atoms with van der Waals surface area (Å²) in [4.78, 5) is 15.9. The van der Waals surface area contributed by atoms with Gasteiger partial charge in [0, 0.05) is 18.5 Å². The average Bonchev–Trinajstić information content (AvgIpc) is 2.60. The van der Waals surface area contributed by atoms with Crippen molar-refractivity contribution in [1.82, 2.24) is 8.43 Å². The quantitative estimate of drug-likeness (QED) is 0.754. The standard InChI is InChI=1S/C16H15N3O4S2/c20-16(21)10-15-18-13-8-4-5-9-14(13)24-19(15)25(22,23)17-11-12-6-2-1-3-7-12/h1-9,17H,10-11H2,(H,20,21). The maximum absolute atomic E-state index is 12.7. The van der Waals surface area contributed by atoms with Crippen molar-refractivity contribution in [2.75, 3.05) is 0 Å². The van der Waals surface area contributed by atoms with Crippen LogP contribution < -0.4 is 4.72 Å². The van der Waals surface area contributed by atoms with E-state index in [4.69, 9.17) is 5.11 Å². The Bertz CT molecular complexity index is 914. The van der Waals surface area contributed by atoms with Crippen molar-refractivity contribution in [3.63, 3.8) is 0 Å². The number of aliphatic carboxylic acids is 1. The van der Waals surface area contributed by atoms with Crippen molar-refractivity contribution < 1.29 is 18.3 Å². The summed E-state index contributed by atoms with van der Waals surface area (Å²) in [6.45, 7) is 0.0994. The first-order valence-electron chi connectivity index (χ1n) is 7.36. The van der Waals surface area contributed by atoms with E-state index in [0.717, 1.165) is 21.2 Å². The van der Waals surface area contributed by atoms with Crippen LogP contribution in [-0.4, -0.2) is 29.0 Å². The van der Waals surface area contributed by atoms with E-state index < -0.39 is 22.6 Å². The monoisotopic (exact) mass is 377 g/mol. The summed E-state index contributed by atoms with van der Waals surface area (Å²) in [6, 6.07) is 16.0. The summed E-state index contributed by atoms with van der Waals surface area (Å²) in [6.07, 6.45) is -0.492. The lowest BCUT2D eigenvalue weighted by Gasteiger charge is -2.27. The van der Waals surface area contributed by atoms with Crippen molar-refractivity contribution in [1.29, 1.82) is 0 Å². The first-order valence-corrected chi connectivity index (χ1v) is 9.57. The molecule has 0 bridgehead atoms. The largest absolute Gasteiger partial charge is 0.481 e. The summed E-state index contributed by atoms with van der Waals surface area (Å²) < 4.78 is 28.8. The lowest BCUT2D eigenvalue weighted by Crippen LogP contribution is -2.41. The van der Waals surface area contributed by atoms with Gasteiger partial charge in [-0.25, -0.2) is 4.99 Å². The lowest BCUT2D eigenvalue weighted by atomic mass is 10.2. The molecule has 1 aliphatic heterocycles. The number of para-hydroxylation sites is 1. The second kappa shape index (κ2) is 7.26. The predicted molar refractivity (Wildman–Crippen MR) is 95.7 cm³/mol. The van der Waals surface area contributed by atoms with Gasteiger partial charge in [0.25, 0.3) is 0 Å². The molecule has 0 spiro atoms. The van der Waals surface area contributed by atoms with Crippen LogP contribution in [0.15, 0.2) is 64.5 Å². The summed E-state index contributed by atoms with van der Waals surface area (Å²) >= 11 is 0.938. The molecule has 9 heteroatoms. The average molecular weight is 377 g/mol. The third kappa shape index (κ3) is 4.19. The molecular weight excluding hydrogens is 362 g/mol. The molecule has 0 aliphatic carbocycles. The number of hydrogen-bond acceptors (Lipinski definition) is 5. The maximum Gasteiger partial charge on any atom is 0.312 e. The highest BCUT2D eigenvalue weighted by atomic mass is 32.3. The first-order chi connectivity index (χ1) is 12.0. The molecule has 0 radical (unpaired) electrons. The van der Waals surface area contributed by atoms with E-state index in [2.05, 4.69) is 9.71 Å². The van der Waals surface area contributed by atoms with Crippen LogP contribution in [0.4, 0.5) is 5.69 Å². The molecule has 0 atom stereocenters. The number of aliphatic imine (C=N–C) groups is 1. The van der Waals surface area contributed by atoms with Gasteiger partial charge in [0.05, 0.1) is 10.6 Å². The second-order valence-electron chi connectivity index (χ2n) is 5.20. The maximum atomic E-state index is 12.7.